The minimum Gasteiger partial charge on any atom is -0.311 e. The number of hydrogen-bond donors (Lipinski definition) is 1. The zero-order valence-electron chi connectivity index (χ0n) is 14.4. The van der Waals surface area contributed by atoms with Crippen molar-refractivity contribution in [3.8, 4) is 0 Å². The molecule has 2 heteroatoms. The molecule has 0 aromatic carbocycles. The second-order valence-electron chi connectivity index (χ2n) is 8.39. The summed E-state index contributed by atoms with van der Waals surface area (Å²) in [6, 6.07) is 1.39. The van der Waals surface area contributed by atoms with Crippen LogP contribution in [0.1, 0.15) is 66.7 Å². The molecule has 0 aromatic rings. The highest BCUT2D eigenvalue weighted by Crippen LogP contribution is 2.32. The molecule has 1 aliphatic carbocycles. The first-order chi connectivity index (χ1) is 9.41. The van der Waals surface area contributed by atoms with Crippen LogP contribution in [0.15, 0.2) is 0 Å². The molecule has 0 bridgehead atoms. The number of piperazine rings is 1. The topological polar surface area (TPSA) is 15.3 Å². The smallest absolute Gasteiger partial charge is 0.0269 e. The molecule has 0 spiro atoms. The average molecular weight is 280 g/mol. The van der Waals surface area contributed by atoms with Gasteiger partial charge in [-0.3, -0.25) is 4.90 Å². The Morgan fingerprint density at radius 1 is 1.20 bits per heavy atom. The van der Waals surface area contributed by atoms with Crippen molar-refractivity contribution in [1.29, 1.82) is 0 Å². The Morgan fingerprint density at radius 2 is 1.85 bits per heavy atom. The van der Waals surface area contributed by atoms with Crippen molar-refractivity contribution in [3.63, 3.8) is 0 Å². The number of nitrogens with one attached hydrogen (secondary N) is 1. The fourth-order valence-electron chi connectivity index (χ4n) is 4.08. The van der Waals surface area contributed by atoms with E-state index in [1.165, 1.54) is 51.7 Å². The van der Waals surface area contributed by atoms with E-state index in [0.29, 0.717) is 17.5 Å². The van der Waals surface area contributed by atoms with Crippen molar-refractivity contribution in [1.82, 2.24) is 10.2 Å². The van der Waals surface area contributed by atoms with Gasteiger partial charge in [0, 0.05) is 31.7 Å². The molecule has 1 aliphatic heterocycles. The maximum absolute atomic E-state index is 3.84. The molecular weight excluding hydrogens is 244 g/mol. The van der Waals surface area contributed by atoms with Crippen LogP contribution in [0.5, 0.6) is 0 Å². The lowest BCUT2D eigenvalue weighted by Gasteiger charge is -2.48. The van der Waals surface area contributed by atoms with Gasteiger partial charge in [-0.05, 0) is 30.1 Å². The molecule has 2 nitrogen and oxygen atoms in total. The van der Waals surface area contributed by atoms with Crippen molar-refractivity contribution in [2.24, 2.45) is 17.3 Å². The minimum absolute atomic E-state index is 0.381. The minimum atomic E-state index is 0.381. The summed E-state index contributed by atoms with van der Waals surface area (Å²) in [7, 11) is 0. The summed E-state index contributed by atoms with van der Waals surface area (Å²) < 4.78 is 0. The summed E-state index contributed by atoms with van der Waals surface area (Å²) in [5.74, 6) is 1.76. The van der Waals surface area contributed by atoms with Gasteiger partial charge >= 0.3 is 0 Å². The average Bonchev–Trinajstić information content (AvgIpc) is 2.89. The van der Waals surface area contributed by atoms with E-state index >= 15 is 0 Å². The van der Waals surface area contributed by atoms with Crippen LogP contribution >= 0.6 is 0 Å². The van der Waals surface area contributed by atoms with E-state index in [1.807, 2.05) is 0 Å². The van der Waals surface area contributed by atoms with Crippen molar-refractivity contribution in [2.45, 2.75) is 78.8 Å². The third-order valence-corrected chi connectivity index (χ3v) is 5.74. The summed E-state index contributed by atoms with van der Waals surface area (Å²) in [4.78, 5) is 2.84. The van der Waals surface area contributed by atoms with Gasteiger partial charge in [0.25, 0.3) is 0 Å². The van der Waals surface area contributed by atoms with Crippen LogP contribution in [0, 0.1) is 17.3 Å². The molecule has 1 heterocycles. The Hall–Kier alpha value is -0.0800. The Labute approximate surface area is 126 Å². The first-order valence-corrected chi connectivity index (χ1v) is 8.89. The fraction of sp³-hybridized carbons (Fsp3) is 1.00. The molecule has 3 atom stereocenters. The van der Waals surface area contributed by atoms with E-state index < -0.39 is 0 Å². The van der Waals surface area contributed by atoms with Gasteiger partial charge in [0.05, 0.1) is 0 Å². The molecule has 1 saturated heterocycles. The lowest BCUT2D eigenvalue weighted by Crippen LogP contribution is -2.62. The second kappa shape index (κ2) is 6.79. The first kappa shape index (κ1) is 16.3. The Bertz CT molecular complexity index is 288. The first-order valence-electron chi connectivity index (χ1n) is 8.89. The highest BCUT2D eigenvalue weighted by atomic mass is 15.2. The molecule has 2 aliphatic rings. The summed E-state index contributed by atoms with van der Waals surface area (Å²) >= 11 is 0. The zero-order valence-corrected chi connectivity index (χ0v) is 14.4. The van der Waals surface area contributed by atoms with E-state index in [4.69, 9.17) is 0 Å². The highest BCUT2D eigenvalue weighted by molar-refractivity contribution is 4.94. The van der Waals surface area contributed by atoms with Crippen molar-refractivity contribution >= 4 is 0 Å². The fourth-order valence-corrected chi connectivity index (χ4v) is 4.08. The van der Waals surface area contributed by atoms with Gasteiger partial charge < -0.3 is 5.32 Å². The van der Waals surface area contributed by atoms with Crippen LogP contribution < -0.4 is 5.32 Å². The largest absolute Gasteiger partial charge is 0.311 e. The number of nitrogens with zero attached hydrogens (tertiary/aromatic N) is 1. The monoisotopic (exact) mass is 280 g/mol. The molecule has 2 rings (SSSR count). The summed E-state index contributed by atoms with van der Waals surface area (Å²) in [5, 5.41) is 3.84. The highest BCUT2D eigenvalue weighted by Gasteiger charge is 2.37. The predicted molar refractivity (Wildman–Crippen MR) is 88.0 cm³/mol. The lowest BCUT2D eigenvalue weighted by molar-refractivity contribution is 0.0328. The van der Waals surface area contributed by atoms with Crippen molar-refractivity contribution in [2.75, 3.05) is 19.6 Å². The van der Waals surface area contributed by atoms with Gasteiger partial charge in [0.15, 0.2) is 0 Å². The SMILES string of the molecule is CCC(C)C1CN(CC2CCCC2)C(C(C)(C)C)CN1. The van der Waals surface area contributed by atoms with E-state index in [-0.39, 0.29) is 0 Å². The standard InChI is InChI=1S/C18H36N2/c1-6-14(2)16-13-20(12-15-9-7-8-10-15)17(11-19-16)18(3,4)5/h14-17,19H,6-13H2,1-5H3. The maximum atomic E-state index is 3.84. The summed E-state index contributed by atoms with van der Waals surface area (Å²) in [6.07, 6.45) is 7.15. The molecule has 1 N–H and O–H groups in total. The van der Waals surface area contributed by atoms with Crippen LogP contribution in [-0.4, -0.2) is 36.6 Å². The quantitative estimate of drug-likeness (QED) is 0.840. The van der Waals surface area contributed by atoms with Crippen LogP contribution in [-0.2, 0) is 0 Å². The Morgan fingerprint density at radius 3 is 2.40 bits per heavy atom. The van der Waals surface area contributed by atoms with E-state index in [0.717, 1.165) is 11.8 Å². The van der Waals surface area contributed by atoms with Crippen LogP contribution in [0.3, 0.4) is 0 Å². The third-order valence-electron chi connectivity index (χ3n) is 5.74. The molecule has 2 fully saturated rings. The van der Waals surface area contributed by atoms with Gasteiger partial charge in [-0.1, -0.05) is 53.9 Å². The van der Waals surface area contributed by atoms with Gasteiger partial charge in [-0.2, -0.15) is 0 Å². The molecule has 0 amide bonds. The molecule has 0 radical (unpaired) electrons. The van der Waals surface area contributed by atoms with E-state index in [1.54, 1.807) is 0 Å². The predicted octanol–water partition coefficient (Wildman–Crippen LogP) is 3.91. The van der Waals surface area contributed by atoms with Crippen molar-refractivity contribution in [3.05, 3.63) is 0 Å². The summed E-state index contributed by atoms with van der Waals surface area (Å²) in [5.41, 5.74) is 0.381. The molecular formula is C18H36N2. The van der Waals surface area contributed by atoms with Gasteiger partial charge in [0.1, 0.15) is 0 Å². The van der Waals surface area contributed by atoms with Gasteiger partial charge in [-0.15, -0.1) is 0 Å². The maximum Gasteiger partial charge on any atom is 0.0269 e. The zero-order chi connectivity index (χ0) is 14.8. The number of rotatable bonds is 4. The Balaban J connectivity index is 2.02. The molecule has 118 valence electrons. The van der Waals surface area contributed by atoms with Crippen LogP contribution in [0.25, 0.3) is 0 Å². The normalized spacial score (nSPS) is 31.6. The molecule has 20 heavy (non-hydrogen) atoms. The van der Waals surface area contributed by atoms with E-state index in [9.17, 15) is 0 Å². The van der Waals surface area contributed by atoms with Gasteiger partial charge in [0.2, 0.25) is 0 Å². The molecule has 3 unspecified atom stereocenters. The summed E-state index contributed by atoms with van der Waals surface area (Å²) in [6.45, 7) is 15.7. The molecule has 1 saturated carbocycles. The van der Waals surface area contributed by atoms with E-state index in [2.05, 4.69) is 44.8 Å². The third kappa shape index (κ3) is 3.98. The van der Waals surface area contributed by atoms with Gasteiger partial charge in [-0.25, -0.2) is 0 Å². The van der Waals surface area contributed by atoms with Crippen LogP contribution in [0.2, 0.25) is 0 Å². The number of hydrogen-bond acceptors (Lipinski definition) is 2. The molecule has 0 aromatic heterocycles. The van der Waals surface area contributed by atoms with Crippen molar-refractivity contribution < 1.29 is 0 Å². The Kier molecular flexibility index (Phi) is 5.53. The second-order valence-corrected chi connectivity index (χ2v) is 8.39. The van der Waals surface area contributed by atoms with Crippen LogP contribution in [0.4, 0.5) is 0 Å². The lowest BCUT2D eigenvalue weighted by atomic mass is 9.82.